The highest BCUT2D eigenvalue weighted by Crippen LogP contribution is 2.27. The molecule has 0 aromatic heterocycles. The van der Waals surface area contributed by atoms with Gasteiger partial charge in [0, 0.05) is 18.4 Å². The minimum atomic E-state index is -0.0840. The highest BCUT2D eigenvalue weighted by molar-refractivity contribution is 5.72. The second-order valence-electron chi connectivity index (χ2n) is 6.72. The lowest BCUT2D eigenvalue weighted by atomic mass is 9.93. The lowest BCUT2D eigenvalue weighted by Gasteiger charge is -2.28. The van der Waals surface area contributed by atoms with Gasteiger partial charge in [-0.2, -0.15) is 0 Å². The Kier molecular flexibility index (Phi) is 5.46. The van der Waals surface area contributed by atoms with Gasteiger partial charge in [0.25, 0.3) is 0 Å². The quantitative estimate of drug-likeness (QED) is 0.834. The molecule has 2 N–H and O–H groups in total. The van der Waals surface area contributed by atoms with E-state index in [-0.39, 0.29) is 11.9 Å². The topological polar surface area (TPSA) is 51.0 Å². The Hall–Kier alpha value is -1.55. The predicted molar refractivity (Wildman–Crippen MR) is 86.1 cm³/mol. The molecular formula is C18H28NO3+. The lowest BCUT2D eigenvalue weighted by Crippen LogP contribution is -3.11. The number of likely N-dealkylation sites (tertiary alicyclic amines) is 1. The number of methoxy groups -OCH3 is 1. The van der Waals surface area contributed by atoms with Crippen molar-refractivity contribution < 1.29 is 19.5 Å². The van der Waals surface area contributed by atoms with Crippen LogP contribution in [0.3, 0.4) is 0 Å². The molecule has 0 unspecified atom stereocenters. The van der Waals surface area contributed by atoms with Crippen molar-refractivity contribution in [3.63, 3.8) is 0 Å². The fraction of sp³-hybridized carbons (Fsp3) is 0.611. The molecule has 0 bridgehead atoms. The van der Waals surface area contributed by atoms with Gasteiger partial charge >= 0.3 is 5.97 Å². The molecule has 0 radical (unpaired) electrons. The average molecular weight is 306 g/mol. The van der Waals surface area contributed by atoms with Crippen molar-refractivity contribution in [3.8, 4) is 5.75 Å². The van der Waals surface area contributed by atoms with Crippen LogP contribution in [0, 0.1) is 12.8 Å². The third-order valence-corrected chi connectivity index (χ3v) is 4.76. The molecule has 4 heteroatoms. The van der Waals surface area contributed by atoms with Gasteiger partial charge in [0.1, 0.15) is 12.3 Å². The second kappa shape index (κ2) is 7.14. The molecule has 0 aliphatic carbocycles. The van der Waals surface area contributed by atoms with Crippen molar-refractivity contribution in [1.82, 2.24) is 0 Å². The summed E-state index contributed by atoms with van der Waals surface area (Å²) < 4.78 is 4.83. The van der Waals surface area contributed by atoms with Crippen molar-refractivity contribution in [2.45, 2.75) is 46.1 Å². The number of nitrogens with one attached hydrogen (secondary N) is 1. The molecule has 0 amide bonds. The van der Waals surface area contributed by atoms with Crippen LogP contribution in [0.25, 0.3) is 0 Å². The monoisotopic (exact) mass is 306 g/mol. The maximum atomic E-state index is 11.6. The molecule has 1 heterocycles. The first-order valence-electron chi connectivity index (χ1n) is 8.16. The van der Waals surface area contributed by atoms with Crippen molar-refractivity contribution in [3.05, 3.63) is 28.8 Å². The van der Waals surface area contributed by atoms with Gasteiger partial charge in [-0.3, -0.25) is 4.79 Å². The first-order chi connectivity index (χ1) is 10.4. The molecule has 1 aromatic rings. The smallest absolute Gasteiger partial charge is 0.309 e. The molecule has 4 nitrogen and oxygen atoms in total. The van der Waals surface area contributed by atoms with E-state index in [9.17, 15) is 9.90 Å². The molecule has 122 valence electrons. The molecule has 1 fully saturated rings. The molecule has 1 aliphatic rings. The molecule has 2 rings (SSSR count). The van der Waals surface area contributed by atoms with Gasteiger partial charge in [-0.1, -0.05) is 13.8 Å². The molecule has 0 atom stereocenters. The van der Waals surface area contributed by atoms with Gasteiger partial charge in [0.05, 0.1) is 26.1 Å². The Morgan fingerprint density at radius 3 is 2.55 bits per heavy atom. The van der Waals surface area contributed by atoms with Gasteiger partial charge in [0.15, 0.2) is 0 Å². The second-order valence-corrected chi connectivity index (χ2v) is 6.72. The van der Waals surface area contributed by atoms with Crippen molar-refractivity contribution in [2.24, 2.45) is 5.92 Å². The Morgan fingerprint density at radius 1 is 1.36 bits per heavy atom. The van der Waals surface area contributed by atoms with E-state index in [4.69, 9.17) is 4.74 Å². The van der Waals surface area contributed by atoms with Gasteiger partial charge < -0.3 is 14.7 Å². The van der Waals surface area contributed by atoms with Crippen molar-refractivity contribution in [1.29, 1.82) is 0 Å². The molecule has 1 saturated heterocycles. The summed E-state index contributed by atoms with van der Waals surface area (Å²) in [6.45, 7) is 9.12. The van der Waals surface area contributed by atoms with E-state index in [0.29, 0.717) is 11.7 Å². The van der Waals surface area contributed by atoms with Crippen LogP contribution in [0.2, 0.25) is 0 Å². The van der Waals surface area contributed by atoms with E-state index < -0.39 is 0 Å². The number of phenolic OH excluding ortho intramolecular Hbond substituents is 1. The minimum absolute atomic E-state index is 0.0478. The molecule has 22 heavy (non-hydrogen) atoms. The Balaban J connectivity index is 2.03. The van der Waals surface area contributed by atoms with Gasteiger partial charge in [0.2, 0.25) is 0 Å². The summed E-state index contributed by atoms with van der Waals surface area (Å²) in [5, 5.41) is 10.2. The standard InChI is InChI=1S/C18H27NO3/c1-12(2)16-10-15(17(20)9-13(16)3)11-19-7-5-14(6-8-19)18(21)22-4/h9-10,12,14,20H,5-8,11H2,1-4H3/p+1. The fourth-order valence-electron chi connectivity index (χ4n) is 3.39. The zero-order valence-corrected chi connectivity index (χ0v) is 14.1. The van der Waals surface area contributed by atoms with Crippen LogP contribution in [0.15, 0.2) is 12.1 Å². The van der Waals surface area contributed by atoms with Crippen LogP contribution < -0.4 is 4.90 Å². The van der Waals surface area contributed by atoms with E-state index in [1.165, 1.54) is 17.6 Å². The predicted octanol–water partition coefficient (Wildman–Crippen LogP) is 1.79. The van der Waals surface area contributed by atoms with Crippen LogP contribution in [-0.2, 0) is 16.1 Å². The van der Waals surface area contributed by atoms with Crippen LogP contribution in [0.4, 0.5) is 0 Å². The number of carbonyl (C=O) groups excluding carboxylic acids is 1. The number of phenols is 1. The van der Waals surface area contributed by atoms with Gasteiger partial charge in [-0.15, -0.1) is 0 Å². The summed E-state index contributed by atoms with van der Waals surface area (Å²) in [5.41, 5.74) is 3.47. The van der Waals surface area contributed by atoms with Crippen molar-refractivity contribution in [2.75, 3.05) is 20.2 Å². The van der Waals surface area contributed by atoms with Crippen LogP contribution >= 0.6 is 0 Å². The van der Waals surface area contributed by atoms with E-state index >= 15 is 0 Å². The summed E-state index contributed by atoms with van der Waals surface area (Å²) in [6.07, 6.45) is 1.73. The minimum Gasteiger partial charge on any atom is -0.507 e. The molecule has 1 aliphatic heterocycles. The zero-order chi connectivity index (χ0) is 16.3. The number of ether oxygens (including phenoxy) is 1. The highest BCUT2D eigenvalue weighted by Gasteiger charge is 2.28. The zero-order valence-electron chi connectivity index (χ0n) is 14.1. The molecule has 0 saturated carbocycles. The lowest BCUT2D eigenvalue weighted by molar-refractivity contribution is -0.919. The highest BCUT2D eigenvalue weighted by atomic mass is 16.5. The number of esters is 1. The molecule has 0 spiro atoms. The van der Waals surface area contributed by atoms with Crippen LogP contribution in [0.1, 0.15) is 49.3 Å². The van der Waals surface area contributed by atoms with E-state index in [0.717, 1.165) is 43.6 Å². The normalized spacial score (nSPS) is 21.9. The number of rotatable bonds is 4. The number of piperidine rings is 1. The summed E-state index contributed by atoms with van der Waals surface area (Å²) >= 11 is 0. The fourth-order valence-corrected chi connectivity index (χ4v) is 3.39. The van der Waals surface area contributed by atoms with Crippen LogP contribution in [-0.4, -0.2) is 31.3 Å². The average Bonchev–Trinajstić information content (AvgIpc) is 2.49. The van der Waals surface area contributed by atoms with E-state index in [1.807, 2.05) is 13.0 Å². The number of aromatic hydroxyl groups is 1. The molecule has 1 aromatic carbocycles. The van der Waals surface area contributed by atoms with E-state index in [1.54, 1.807) is 0 Å². The number of quaternary nitrogens is 1. The SMILES string of the molecule is COC(=O)C1CC[NH+](Cc2cc(C(C)C)c(C)cc2O)CC1. The third-order valence-electron chi connectivity index (χ3n) is 4.76. The number of hydrogen-bond acceptors (Lipinski definition) is 3. The number of aryl methyl sites for hydroxylation is 1. The first kappa shape index (κ1) is 16.8. The largest absolute Gasteiger partial charge is 0.507 e. The van der Waals surface area contributed by atoms with E-state index in [2.05, 4.69) is 19.9 Å². The summed E-state index contributed by atoms with van der Waals surface area (Å²) in [6, 6.07) is 4.03. The third kappa shape index (κ3) is 3.80. The summed E-state index contributed by atoms with van der Waals surface area (Å²) in [7, 11) is 1.46. The molecular weight excluding hydrogens is 278 g/mol. The van der Waals surface area contributed by atoms with Crippen molar-refractivity contribution >= 4 is 5.97 Å². The Morgan fingerprint density at radius 2 is 2.00 bits per heavy atom. The maximum absolute atomic E-state index is 11.6. The van der Waals surface area contributed by atoms with Crippen LogP contribution in [0.5, 0.6) is 5.75 Å². The summed E-state index contributed by atoms with van der Waals surface area (Å²) in [5.74, 6) is 0.815. The summed E-state index contributed by atoms with van der Waals surface area (Å²) in [4.78, 5) is 13.0. The number of benzene rings is 1. The first-order valence-corrected chi connectivity index (χ1v) is 8.16. The number of hydrogen-bond donors (Lipinski definition) is 2. The number of carbonyl (C=O) groups is 1. The van der Waals surface area contributed by atoms with Gasteiger partial charge in [-0.05, 0) is 36.1 Å². The Labute approximate surface area is 133 Å². The maximum Gasteiger partial charge on any atom is 0.309 e. The Bertz CT molecular complexity index is 531. The van der Waals surface area contributed by atoms with Gasteiger partial charge in [-0.25, -0.2) is 0 Å².